The first kappa shape index (κ1) is 18.7. The molecule has 0 bridgehead atoms. The zero-order chi connectivity index (χ0) is 16.7. The van der Waals surface area contributed by atoms with Crippen molar-refractivity contribution in [2.75, 3.05) is 0 Å². The standard InChI is InChI=1S/C17H32N2Si2/c1-16(2,3)18-20(7,8)14-11-12-15(13-14)21(9,10)19-17(4,5)6/h11-12H,1-10H3/q-2. The summed E-state index contributed by atoms with van der Waals surface area (Å²) in [7, 11) is -3.56. The molecule has 0 radical (unpaired) electrons. The predicted octanol–water partition coefficient (Wildman–Crippen LogP) is 5.84. The minimum atomic E-state index is -1.78. The Morgan fingerprint density at radius 1 is 0.714 bits per heavy atom. The van der Waals surface area contributed by atoms with E-state index in [0.29, 0.717) is 0 Å². The highest BCUT2D eigenvalue weighted by molar-refractivity contribution is 6.91. The Balaban J connectivity index is 3.08. The van der Waals surface area contributed by atoms with Crippen LogP contribution in [-0.2, 0) is 0 Å². The lowest BCUT2D eigenvalue weighted by atomic mass is 10.1. The number of nitrogens with zero attached hydrogens (tertiary/aromatic N) is 2. The maximum Gasteiger partial charge on any atom is -0.0199 e. The normalized spacial score (nSPS) is 17.0. The number of rotatable bonds is 4. The van der Waals surface area contributed by atoms with Gasteiger partial charge in [0.2, 0.25) is 0 Å². The van der Waals surface area contributed by atoms with E-state index in [1.165, 1.54) is 10.4 Å². The summed E-state index contributed by atoms with van der Waals surface area (Å²) in [4.78, 5) is 10.1. The molecule has 120 valence electrons. The van der Waals surface area contributed by atoms with Gasteiger partial charge in [-0.2, -0.15) is 0 Å². The Bertz CT molecular complexity index is 452. The molecule has 0 aromatic carbocycles. The van der Waals surface area contributed by atoms with Crippen LogP contribution in [0.3, 0.4) is 0 Å². The highest BCUT2D eigenvalue weighted by atomic mass is 28.3. The lowest BCUT2D eigenvalue weighted by Crippen LogP contribution is -2.35. The van der Waals surface area contributed by atoms with E-state index in [2.05, 4.69) is 85.6 Å². The summed E-state index contributed by atoms with van der Waals surface area (Å²) in [5.74, 6) is 0. The van der Waals surface area contributed by atoms with E-state index in [-0.39, 0.29) is 11.1 Å². The summed E-state index contributed by atoms with van der Waals surface area (Å²) >= 11 is 0. The molecule has 0 unspecified atom stereocenters. The minimum absolute atomic E-state index is 0.0176. The van der Waals surface area contributed by atoms with Gasteiger partial charge in [-0.1, -0.05) is 79.9 Å². The Labute approximate surface area is 134 Å². The molecule has 0 saturated heterocycles. The largest absolute Gasteiger partial charge is 0.656 e. The second-order valence-electron chi connectivity index (χ2n) is 8.97. The molecule has 0 aromatic heterocycles. The van der Waals surface area contributed by atoms with Gasteiger partial charge >= 0.3 is 0 Å². The molecule has 4 heteroatoms. The molecule has 0 amide bonds. The molecule has 0 aromatic rings. The summed E-state index contributed by atoms with van der Waals surface area (Å²) < 4.78 is 0. The molecule has 2 nitrogen and oxygen atoms in total. The van der Waals surface area contributed by atoms with Crippen molar-refractivity contribution in [3.05, 3.63) is 38.2 Å². The topological polar surface area (TPSA) is 28.2 Å². The van der Waals surface area contributed by atoms with E-state index in [1.807, 2.05) is 0 Å². The average molecular weight is 321 g/mol. The number of hydrogen-bond acceptors (Lipinski definition) is 0. The molecule has 0 N–H and O–H groups in total. The lowest BCUT2D eigenvalue weighted by Gasteiger charge is -2.49. The quantitative estimate of drug-likeness (QED) is 0.460. The smallest absolute Gasteiger partial charge is 0.0199 e. The Morgan fingerprint density at radius 2 is 1.00 bits per heavy atom. The summed E-state index contributed by atoms with van der Waals surface area (Å²) in [5.41, 5.74) is 3.71. The molecule has 0 fully saturated rings. The van der Waals surface area contributed by atoms with Crippen molar-refractivity contribution in [3.8, 4) is 0 Å². The number of hydrogen-bond donors (Lipinski definition) is 0. The fourth-order valence-corrected chi connectivity index (χ4v) is 8.49. The van der Waals surface area contributed by atoms with E-state index in [1.54, 1.807) is 0 Å². The summed E-state index contributed by atoms with van der Waals surface area (Å²) in [6.45, 7) is 22.3. The predicted molar refractivity (Wildman–Crippen MR) is 101 cm³/mol. The zero-order valence-corrected chi connectivity index (χ0v) is 17.5. The van der Waals surface area contributed by atoms with Crippen LogP contribution in [0, 0.1) is 0 Å². The zero-order valence-electron chi connectivity index (χ0n) is 15.5. The summed E-state index contributed by atoms with van der Waals surface area (Å²) in [6.07, 6.45) is 4.48. The Kier molecular flexibility index (Phi) is 5.04. The fourth-order valence-electron chi connectivity index (χ4n) is 2.91. The van der Waals surface area contributed by atoms with Crippen molar-refractivity contribution in [2.45, 2.75) is 78.8 Å². The van der Waals surface area contributed by atoms with E-state index in [9.17, 15) is 0 Å². The van der Waals surface area contributed by atoms with Crippen LogP contribution >= 0.6 is 0 Å². The van der Waals surface area contributed by atoms with Gasteiger partial charge in [-0.25, -0.2) is 0 Å². The second-order valence-corrected chi connectivity index (χ2v) is 16.7. The van der Waals surface area contributed by atoms with Gasteiger partial charge in [-0.05, 0) is 26.9 Å². The summed E-state index contributed by atoms with van der Waals surface area (Å²) in [6, 6.07) is 0. The van der Waals surface area contributed by atoms with Crippen LogP contribution in [-0.4, -0.2) is 27.5 Å². The monoisotopic (exact) mass is 320 g/mol. The van der Waals surface area contributed by atoms with E-state index in [4.69, 9.17) is 9.96 Å². The van der Waals surface area contributed by atoms with Gasteiger partial charge < -0.3 is 9.96 Å². The summed E-state index contributed by atoms with van der Waals surface area (Å²) in [5, 5.41) is 2.63. The fraction of sp³-hybridized carbons (Fsp3) is 0.706. The van der Waals surface area contributed by atoms with Crippen LogP contribution < -0.4 is 0 Å². The van der Waals surface area contributed by atoms with Crippen molar-refractivity contribution in [1.29, 1.82) is 0 Å². The van der Waals surface area contributed by atoms with Crippen molar-refractivity contribution in [1.82, 2.24) is 0 Å². The van der Waals surface area contributed by atoms with Crippen LogP contribution in [0.2, 0.25) is 26.2 Å². The highest BCUT2D eigenvalue weighted by Gasteiger charge is 2.23. The van der Waals surface area contributed by atoms with Crippen molar-refractivity contribution >= 4 is 16.5 Å². The Morgan fingerprint density at radius 3 is 1.24 bits per heavy atom. The molecule has 0 heterocycles. The average Bonchev–Trinajstić information content (AvgIpc) is 2.57. The van der Waals surface area contributed by atoms with Gasteiger partial charge in [0, 0.05) is 0 Å². The lowest BCUT2D eigenvalue weighted by molar-refractivity contribution is 0.676. The third-order valence-corrected chi connectivity index (χ3v) is 8.91. The molecule has 0 saturated carbocycles. The van der Waals surface area contributed by atoms with Crippen molar-refractivity contribution < 1.29 is 0 Å². The van der Waals surface area contributed by atoms with E-state index >= 15 is 0 Å². The van der Waals surface area contributed by atoms with Gasteiger partial charge in [-0.3, -0.25) is 0 Å². The molecule has 1 aliphatic carbocycles. The van der Waals surface area contributed by atoms with Gasteiger partial charge in [0.25, 0.3) is 0 Å². The van der Waals surface area contributed by atoms with Gasteiger partial charge in [0.1, 0.15) is 0 Å². The Hall–Kier alpha value is -0.386. The molecule has 21 heavy (non-hydrogen) atoms. The highest BCUT2D eigenvalue weighted by Crippen LogP contribution is 2.36. The second kappa shape index (κ2) is 5.67. The first-order chi connectivity index (χ1) is 9.12. The van der Waals surface area contributed by atoms with E-state index < -0.39 is 16.5 Å². The van der Waals surface area contributed by atoms with Crippen LogP contribution in [0.25, 0.3) is 9.96 Å². The van der Waals surface area contributed by atoms with Crippen molar-refractivity contribution in [3.63, 3.8) is 0 Å². The minimum Gasteiger partial charge on any atom is -0.656 e. The molecule has 1 aliphatic rings. The van der Waals surface area contributed by atoms with Gasteiger partial charge in [-0.15, -0.1) is 16.8 Å². The van der Waals surface area contributed by atoms with Crippen LogP contribution in [0.15, 0.2) is 28.3 Å². The SMILES string of the molecule is CC(C)(C)[N-][Si](C)(C)C1=C=C([Si](C)(C)[N-]C(C)(C)C)C=C1. The van der Waals surface area contributed by atoms with Crippen molar-refractivity contribution in [2.24, 2.45) is 0 Å². The van der Waals surface area contributed by atoms with Crippen LogP contribution in [0.5, 0.6) is 0 Å². The molecule has 0 atom stereocenters. The molecular weight excluding hydrogens is 288 g/mol. The first-order valence-electron chi connectivity index (χ1n) is 7.81. The van der Waals surface area contributed by atoms with Crippen LogP contribution in [0.1, 0.15) is 41.5 Å². The number of allylic oxidation sites excluding steroid dienone is 3. The molecular formula is C17H32N2Si2-2. The first-order valence-corrected chi connectivity index (χ1v) is 13.7. The molecule has 0 aliphatic heterocycles. The van der Waals surface area contributed by atoms with Crippen LogP contribution in [0.4, 0.5) is 0 Å². The molecule has 1 rings (SSSR count). The van der Waals surface area contributed by atoms with E-state index in [0.717, 1.165) is 0 Å². The molecule has 0 spiro atoms. The third kappa shape index (κ3) is 5.72. The van der Waals surface area contributed by atoms with Gasteiger partial charge in [0.15, 0.2) is 0 Å². The van der Waals surface area contributed by atoms with Gasteiger partial charge in [0.05, 0.1) is 0 Å². The maximum atomic E-state index is 5.07. The third-order valence-electron chi connectivity index (χ3n) is 3.23. The maximum absolute atomic E-state index is 5.07.